The van der Waals surface area contributed by atoms with E-state index in [4.69, 9.17) is 12.2 Å². The zero-order valence-corrected chi connectivity index (χ0v) is 13.5. The summed E-state index contributed by atoms with van der Waals surface area (Å²) in [5.74, 6) is -0.466. The second-order valence-corrected chi connectivity index (χ2v) is 6.69. The molecule has 1 unspecified atom stereocenters. The van der Waals surface area contributed by atoms with Crippen molar-refractivity contribution in [1.29, 1.82) is 0 Å². The molecule has 0 bridgehead atoms. The number of carbonyl (C=O) groups excluding carboxylic acids is 2. The summed E-state index contributed by atoms with van der Waals surface area (Å²) in [5, 5.41) is -0.797. The highest BCUT2D eigenvalue weighted by Gasteiger charge is 2.42. The van der Waals surface area contributed by atoms with E-state index in [1.54, 1.807) is 24.3 Å². The lowest BCUT2D eigenvalue weighted by Crippen LogP contribution is -2.35. The summed E-state index contributed by atoms with van der Waals surface area (Å²) in [6.45, 7) is 1.92. The Labute approximate surface area is 138 Å². The second-order valence-electron chi connectivity index (χ2n) is 4.95. The van der Waals surface area contributed by atoms with Gasteiger partial charge in [-0.1, -0.05) is 72.5 Å². The van der Waals surface area contributed by atoms with Gasteiger partial charge in [0.25, 0.3) is 5.91 Å². The number of thiocarbonyl (C=S) groups is 1. The molecule has 1 aliphatic rings. The van der Waals surface area contributed by atoms with Crippen LogP contribution in [0.25, 0.3) is 0 Å². The van der Waals surface area contributed by atoms with Crippen LogP contribution < -0.4 is 4.90 Å². The molecule has 0 aliphatic carbocycles. The van der Waals surface area contributed by atoms with Gasteiger partial charge in [-0.3, -0.25) is 14.5 Å². The monoisotopic (exact) mass is 327 g/mol. The van der Waals surface area contributed by atoms with Crippen molar-refractivity contribution in [1.82, 2.24) is 0 Å². The zero-order valence-electron chi connectivity index (χ0n) is 11.9. The molecule has 0 spiro atoms. The lowest BCUT2D eigenvalue weighted by molar-refractivity contribution is -0.116. The fourth-order valence-electron chi connectivity index (χ4n) is 2.36. The molecule has 0 aromatic heterocycles. The lowest BCUT2D eigenvalue weighted by Gasteiger charge is -2.17. The summed E-state index contributed by atoms with van der Waals surface area (Å²) in [7, 11) is 0. The Bertz CT molecular complexity index is 758. The predicted molar refractivity (Wildman–Crippen MR) is 93.4 cm³/mol. The Kier molecular flexibility index (Phi) is 4.09. The summed E-state index contributed by atoms with van der Waals surface area (Å²) < 4.78 is 0.425. The van der Waals surface area contributed by atoms with Crippen molar-refractivity contribution in [3.63, 3.8) is 0 Å². The molecule has 2 aromatic rings. The molecule has 0 radical (unpaired) electrons. The fraction of sp³-hybridized carbons (Fsp3) is 0.118. The molecular formula is C17H13NO2S2. The van der Waals surface area contributed by atoms with Gasteiger partial charge in [-0.2, -0.15) is 0 Å². The number of rotatable bonds is 3. The van der Waals surface area contributed by atoms with Crippen LogP contribution in [0.5, 0.6) is 0 Å². The molecule has 0 saturated carbocycles. The van der Waals surface area contributed by atoms with E-state index in [9.17, 15) is 9.59 Å². The summed E-state index contributed by atoms with van der Waals surface area (Å²) >= 11 is 6.47. The van der Waals surface area contributed by atoms with Gasteiger partial charge in [0.15, 0.2) is 11.0 Å². The fourth-order valence-corrected chi connectivity index (χ4v) is 3.78. The highest BCUT2D eigenvalue weighted by atomic mass is 32.2. The third-order valence-corrected chi connectivity index (χ3v) is 5.01. The minimum atomic E-state index is -0.797. The van der Waals surface area contributed by atoms with Gasteiger partial charge in [-0.25, -0.2) is 0 Å². The summed E-state index contributed by atoms with van der Waals surface area (Å²) in [4.78, 5) is 26.7. The van der Waals surface area contributed by atoms with Crippen molar-refractivity contribution in [2.24, 2.45) is 0 Å². The molecule has 2 aromatic carbocycles. The van der Waals surface area contributed by atoms with Gasteiger partial charge in [0.1, 0.15) is 4.32 Å². The summed E-state index contributed by atoms with van der Waals surface area (Å²) in [6.07, 6.45) is 0. The molecule has 1 heterocycles. The Morgan fingerprint density at radius 3 is 2.41 bits per heavy atom. The van der Waals surface area contributed by atoms with E-state index >= 15 is 0 Å². The third-order valence-electron chi connectivity index (χ3n) is 3.50. The number of carbonyl (C=O) groups is 2. The average molecular weight is 327 g/mol. The number of thioether (sulfide) groups is 1. The molecule has 3 rings (SSSR count). The van der Waals surface area contributed by atoms with Crippen LogP contribution in [0, 0.1) is 6.92 Å². The second kappa shape index (κ2) is 6.02. The molecule has 110 valence electrons. The van der Waals surface area contributed by atoms with Gasteiger partial charge in [0, 0.05) is 5.56 Å². The van der Waals surface area contributed by atoms with E-state index in [0.29, 0.717) is 9.88 Å². The first kappa shape index (κ1) is 14.9. The Balaban J connectivity index is 1.92. The van der Waals surface area contributed by atoms with Gasteiger partial charge in [0.05, 0.1) is 5.69 Å². The van der Waals surface area contributed by atoms with Crippen molar-refractivity contribution in [2.75, 3.05) is 4.90 Å². The number of ketones is 1. The molecule has 22 heavy (non-hydrogen) atoms. The number of Topliss-reactive ketones (excluding diaryl/α,β-unsaturated/α-hetero) is 1. The van der Waals surface area contributed by atoms with Gasteiger partial charge in [-0.15, -0.1) is 0 Å². The molecule has 1 amide bonds. The number of benzene rings is 2. The third kappa shape index (κ3) is 2.58. The zero-order chi connectivity index (χ0) is 15.7. The van der Waals surface area contributed by atoms with Crippen LogP contribution in [0.1, 0.15) is 15.9 Å². The van der Waals surface area contributed by atoms with Crippen molar-refractivity contribution in [3.05, 3.63) is 65.7 Å². The number of para-hydroxylation sites is 1. The SMILES string of the molecule is Cc1ccccc1N1C(=O)C(C(=O)c2ccccc2)SC1=S. The first-order valence-electron chi connectivity index (χ1n) is 6.79. The van der Waals surface area contributed by atoms with Gasteiger partial charge in [-0.05, 0) is 18.6 Å². The van der Waals surface area contributed by atoms with Crippen molar-refractivity contribution >= 4 is 45.7 Å². The largest absolute Gasteiger partial charge is 0.292 e. The summed E-state index contributed by atoms with van der Waals surface area (Å²) in [5.41, 5.74) is 2.22. The number of aryl methyl sites for hydroxylation is 1. The van der Waals surface area contributed by atoms with Crippen LogP contribution in [0.3, 0.4) is 0 Å². The van der Waals surface area contributed by atoms with E-state index in [1.807, 2.05) is 37.3 Å². The normalized spacial score (nSPS) is 17.9. The molecular weight excluding hydrogens is 314 g/mol. The number of nitrogens with zero attached hydrogens (tertiary/aromatic N) is 1. The van der Waals surface area contributed by atoms with Crippen LogP contribution in [0.4, 0.5) is 5.69 Å². The van der Waals surface area contributed by atoms with Crippen LogP contribution in [0.15, 0.2) is 54.6 Å². The van der Waals surface area contributed by atoms with Crippen molar-refractivity contribution in [2.45, 2.75) is 12.2 Å². The Hall–Kier alpha value is -1.98. The quantitative estimate of drug-likeness (QED) is 0.490. The van der Waals surface area contributed by atoms with Gasteiger partial charge >= 0.3 is 0 Å². The Morgan fingerprint density at radius 2 is 1.73 bits per heavy atom. The van der Waals surface area contributed by atoms with E-state index in [1.165, 1.54) is 4.90 Å². The van der Waals surface area contributed by atoms with Crippen molar-refractivity contribution in [3.8, 4) is 0 Å². The summed E-state index contributed by atoms with van der Waals surface area (Å²) in [6, 6.07) is 16.4. The minimum absolute atomic E-state index is 0.200. The first-order chi connectivity index (χ1) is 10.6. The molecule has 3 nitrogen and oxygen atoms in total. The van der Waals surface area contributed by atoms with Crippen LogP contribution in [-0.2, 0) is 4.79 Å². The van der Waals surface area contributed by atoms with Crippen LogP contribution in [0.2, 0.25) is 0 Å². The minimum Gasteiger partial charge on any atom is -0.292 e. The van der Waals surface area contributed by atoms with Crippen LogP contribution in [-0.4, -0.2) is 21.3 Å². The molecule has 1 aliphatic heterocycles. The number of hydrogen-bond donors (Lipinski definition) is 0. The topological polar surface area (TPSA) is 37.4 Å². The standard InChI is InChI=1S/C17H13NO2S2/c1-11-7-5-6-10-13(11)18-16(20)15(22-17(18)21)14(19)12-8-3-2-4-9-12/h2-10,15H,1H3. The molecule has 0 N–H and O–H groups in total. The highest BCUT2D eigenvalue weighted by Crippen LogP contribution is 2.35. The van der Waals surface area contributed by atoms with Gasteiger partial charge in [0.2, 0.25) is 0 Å². The number of amides is 1. The highest BCUT2D eigenvalue weighted by molar-refractivity contribution is 8.25. The molecule has 1 fully saturated rings. The number of anilines is 1. The van der Waals surface area contributed by atoms with E-state index in [0.717, 1.165) is 23.0 Å². The van der Waals surface area contributed by atoms with Crippen molar-refractivity contribution < 1.29 is 9.59 Å². The Morgan fingerprint density at radius 1 is 1.09 bits per heavy atom. The van der Waals surface area contributed by atoms with E-state index < -0.39 is 5.25 Å². The smallest absolute Gasteiger partial charge is 0.254 e. The van der Waals surface area contributed by atoms with E-state index in [-0.39, 0.29) is 11.7 Å². The maximum absolute atomic E-state index is 12.7. The maximum Gasteiger partial charge on any atom is 0.254 e. The molecule has 1 saturated heterocycles. The number of hydrogen-bond acceptors (Lipinski definition) is 4. The average Bonchev–Trinajstić information content (AvgIpc) is 2.83. The van der Waals surface area contributed by atoms with Crippen LogP contribution >= 0.6 is 24.0 Å². The van der Waals surface area contributed by atoms with E-state index in [2.05, 4.69) is 0 Å². The maximum atomic E-state index is 12.7. The molecule has 1 atom stereocenters. The first-order valence-corrected chi connectivity index (χ1v) is 8.08. The predicted octanol–water partition coefficient (Wildman–Crippen LogP) is 3.61. The van der Waals surface area contributed by atoms with Gasteiger partial charge < -0.3 is 0 Å². The lowest BCUT2D eigenvalue weighted by atomic mass is 10.1. The molecule has 5 heteroatoms.